The van der Waals surface area contributed by atoms with Crippen LogP contribution in [0.5, 0.6) is 0 Å². The monoisotopic (exact) mass is 555 g/mol. The maximum absolute atomic E-state index is 13.9. The molecule has 0 aliphatic carbocycles. The van der Waals surface area contributed by atoms with Crippen LogP contribution in [-0.2, 0) is 26.2 Å². The molecule has 3 aromatic rings. The molecule has 38 heavy (non-hydrogen) atoms. The van der Waals surface area contributed by atoms with Crippen LogP contribution in [0.1, 0.15) is 37.0 Å². The van der Waals surface area contributed by atoms with Gasteiger partial charge in [0.15, 0.2) is 0 Å². The topological polar surface area (TPSA) is 86.8 Å². The van der Waals surface area contributed by atoms with Gasteiger partial charge in [-0.25, -0.2) is 8.42 Å². The number of aryl methyl sites for hydroxylation is 2. The van der Waals surface area contributed by atoms with Crippen LogP contribution in [0.25, 0.3) is 0 Å². The lowest BCUT2D eigenvalue weighted by atomic mass is 10.1. The fraction of sp³-hybridized carbons (Fsp3) is 0.310. The standard InChI is InChI=1S/C29H34ClN3O4S/c1-5-27(29(35)31-6-2)32(19-23-12-10-21(3)11-13-23)28(34)20-33(25-9-7-8-22(4)18-25)38(36,37)26-16-14-24(30)15-17-26/h7-18,27H,5-6,19-20H2,1-4H3,(H,31,35). The summed E-state index contributed by atoms with van der Waals surface area (Å²) in [4.78, 5) is 28.4. The summed E-state index contributed by atoms with van der Waals surface area (Å²) in [6.07, 6.45) is 0.373. The minimum absolute atomic E-state index is 0.0112. The Kier molecular flexibility index (Phi) is 9.94. The number of hydrogen-bond donors (Lipinski definition) is 1. The lowest BCUT2D eigenvalue weighted by molar-refractivity contribution is -0.140. The molecular weight excluding hydrogens is 522 g/mol. The number of sulfonamides is 1. The van der Waals surface area contributed by atoms with Crippen molar-refractivity contribution in [2.75, 3.05) is 17.4 Å². The second-order valence-electron chi connectivity index (χ2n) is 9.13. The second kappa shape index (κ2) is 12.9. The van der Waals surface area contributed by atoms with E-state index >= 15 is 0 Å². The number of benzene rings is 3. The van der Waals surface area contributed by atoms with E-state index in [1.807, 2.05) is 58.0 Å². The number of carbonyl (C=O) groups excluding carboxylic acids is 2. The van der Waals surface area contributed by atoms with Crippen LogP contribution in [0.2, 0.25) is 5.02 Å². The Bertz CT molecular complexity index is 1360. The van der Waals surface area contributed by atoms with Gasteiger partial charge >= 0.3 is 0 Å². The zero-order valence-corrected chi connectivity index (χ0v) is 23.7. The molecule has 3 rings (SSSR count). The summed E-state index contributed by atoms with van der Waals surface area (Å²) >= 11 is 5.99. The van der Waals surface area contributed by atoms with Gasteiger partial charge in [-0.3, -0.25) is 13.9 Å². The number of likely N-dealkylation sites (N-methyl/N-ethyl adjacent to an activating group) is 1. The van der Waals surface area contributed by atoms with Crippen LogP contribution in [0.4, 0.5) is 5.69 Å². The summed E-state index contributed by atoms with van der Waals surface area (Å²) in [5, 5.41) is 3.21. The van der Waals surface area contributed by atoms with Crippen LogP contribution >= 0.6 is 11.6 Å². The van der Waals surface area contributed by atoms with Gasteiger partial charge in [0.25, 0.3) is 10.0 Å². The van der Waals surface area contributed by atoms with Crippen LogP contribution in [0, 0.1) is 13.8 Å². The molecule has 202 valence electrons. The van der Waals surface area contributed by atoms with E-state index in [4.69, 9.17) is 11.6 Å². The van der Waals surface area contributed by atoms with Crippen molar-refractivity contribution in [2.24, 2.45) is 0 Å². The highest BCUT2D eigenvalue weighted by atomic mass is 35.5. The van der Waals surface area contributed by atoms with E-state index in [0.717, 1.165) is 21.0 Å². The Morgan fingerprint density at radius 3 is 2.16 bits per heavy atom. The molecule has 0 saturated heterocycles. The highest BCUT2D eigenvalue weighted by molar-refractivity contribution is 7.92. The Morgan fingerprint density at radius 1 is 0.921 bits per heavy atom. The van der Waals surface area contributed by atoms with Gasteiger partial charge in [-0.15, -0.1) is 0 Å². The van der Waals surface area contributed by atoms with Crippen LogP contribution in [0.15, 0.2) is 77.7 Å². The maximum atomic E-state index is 13.9. The van der Waals surface area contributed by atoms with Crippen LogP contribution in [-0.4, -0.2) is 44.3 Å². The zero-order chi connectivity index (χ0) is 27.9. The molecule has 9 heteroatoms. The number of amides is 2. The SMILES string of the molecule is CCNC(=O)C(CC)N(Cc1ccc(C)cc1)C(=O)CN(c1cccc(C)c1)S(=O)(=O)c1ccc(Cl)cc1. The molecule has 0 aliphatic rings. The van der Waals surface area contributed by atoms with Gasteiger partial charge < -0.3 is 10.2 Å². The normalized spacial score (nSPS) is 12.0. The first-order chi connectivity index (χ1) is 18.1. The van der Waals surface area contributed by atoms with Gasteiger partial charge in [0.2, 0.25) is 11.8 Å². The lowest BCUT2D eigenvalue weighted by Crippen LogP contribution is -2.52. The molecule has 0 spiro atoms. The largest absolute Gasteiger partial charge is 0.355 e. The highest BCUT2D eigenvalue weighted by Crippen LogP contribution is 2.26. The molecule has 7 nitrogen and oxygen atoms in total. The van der Waals surface area contributed by atoms with Crippen molar-refractivity contribution < 1.29 is 18.0 Å². The molecule has 1 N–H and O–H groups in total. The Morgan fingerprint density at radius 2 is 1.58 bits per heavy atom. The Labute approximate surface area is 230 Å². The number of halogens is 1. The van der Waals surface area contributed by atoms with Crippen molar-refractivity contribution in [3.05, 3.63) is 94.5 Å². The fourth-order valence-electron chi connectivity index (χ4n) is 4.15. The predicted octanol–water partition coefficient (Wildman–Crippen LogP) is 5.10. The van der Waals surface area contributed by atoms with Crippen molar-refractivity contribution in [1.29, 1.82) is 0 Å². The minimum Gasteiger partial charge on any atom is -0.355 e. The first-order valence-electron chi connectivity index (χ1n) is 12.5. The van der Waals surface area contributed by atoms with Crippen molar-refractivity contribution in [3.63, 3.8) is 0 Å². The van der Waals surface area contributed by atoms with Gasteiger partial charge in [0.1, 0.15) is 12.6 Å². The van der Waals surface area contributed by atoms with Crippen molar-refractivity contribution in [2.45, 2.75) is 51.6 Å². The van der Waals surface area contributed by atoms with E-state index in [2.05, 4.69) is 5.32 Å². The summed E-state index contributed by atoms with van der Waals surface area (Å²) in [5.74, 6) is -0.763. The summed E-state index contributed by atoms with van der Waals surface area (Å²) in [6, 6.07) is 19.7. The molecule has 3 aromatic carbocycles. The predicted molar refractivity (Wildman–Crippen MR) is 152 cm³/mol. The number of rotatable bonds is 11. The molecule has 0 bridgehead atoms. The van der Waals surface area contributed by atoms with Crippen molar-refractivity contribution in [1.82, 2.24) is 10.2 Å². The molecule has 0 heterocycles. The number of hydrogen-bond acceptors (Lipinski definition) is 4. The number of anilines is 1. The first kappa shape index (κ1) is 29.2. The van der Waals surface area contributed by atoms with E-state index in [1.165, 1.54) is 29.2 Å². The van der Waals surface area contributed by atoms with E-state index < -0.39 is 28.5 Å². The van der Waals surface area contributed by atoms with Gasteiger partial charge in [-0.2, -0.15) is 0 Å². The zero-order valence-electron chi connectivity index (χ0n) is 22.1. The van der Waals surface area contributed by atoms with Crippen LogP contribution < -0.4 is 9.62 Å². The molecule has 0 aliphatic heterocycles. The number of nitrogens with one attached hydrogen (secondary N) is 1. The van der Waals surface area contributed by atoms with Gasteiger partial charge in [-0.1, -0.05) is 60.5 Å². The Balaban J connectivity index is 2.05. The Hall–Kier alpha value is -3.36. The molecule has 0 radical (unpaired) electrons. The third-order valence-electron chi connectivity index (χ3n) is 6.18. The summed E-state index contributed by atoms with van der Waals surface area (Å²) in [7, 11) is -4.13. The quantitative estimate of drug-likeness (QED) is 0.357. The first-order valence-corrected chi connectivity index (χ1v) is 14.4. The molecule has 1 unspecified atom stereocenters. The average Bonchev–Trinajstić information content (AvgIpc) is 2.88. The fourth-order valence-corrected chi connectivity index (χ4v) is 5.68. The molecule has 0 saturated carbocycles. The summed E-state index contributed by atoms with van der Waals surface area (Å²) < 4.78 is 28.7. The molecule has 0 fully saturated rings. The van der Waals surface area contributed by atoms with Gasteiger partial charge in [0, 0.05) is 18.1 Å². The minimum atomic E-state index is -4.13. The average molecular weight is 556 g/mol. The van der Waals surface area contributed by atoms with Crippen molar-refractivity contribution in [3.8, 4) is 0 Å². The van der Waals surface area contributed by atoms with Gasteiger partial charge in [0.05, 0.1) is 10.6 Å². The number of carbonyl (C=O) groups is 2. The van der Waals surface area contributed by atoms with Crippen LogP contribution in [0.3, 0.4) is 0 Å². The molecular formula is C29H34ClN3O4S. The maximum Gasteiger partial charge on any atom is 0.264 e. The molecule has 1 atom stereocenters. The third kappa shape index (κ3) is 7.14. The molecule has 2 amide bonds. The number of nitrogens with zero attached hydrogens (tertiary/aromatic N) is 2. The van der Waals surface area contributed by atoms with E-state index in [0.29, 0.717) is 23.7 Å². The molecule has 0 aromatic heterocycles. The van der Waals surface area contributed by atoms with E-state index in [9.17, 15) is 18.0 Å². The van der Waals surface area contributed by atoms with E-state index in [1.54, 1.807) is 18.2 Å². The highest BCUT2D eigenvalue weighted by Gasteiger charge is 2.33. The second-order valence-corrected chi connectivity index (χ2v) is 11.4. The third-order valence-corrected chi connectivity index (χ3v) is 8.22. The van der Waals surface area contributed by atoms with Gasteiger partial charge in [-0.05, 0) is 74.7 Å². The van der Waals surface area contributed by atoms with Crippen molar-refractivity contribution >= 4 is 39.1 Å². The smallest absolute Gasteiger partial charge is 0.264 e. The summed E-state index contributed by atoms with van der Waals surface area (Å²) in [6.45, 7) is 7.57. The lowest BCUT2D eigenvalue weighted by Gasteiger charge is -2.33. The van der Waals surface area contributed by atoms with E-state index in [-0.39, 0.29) is 17.3 Å². The summed E-state index contributed by atoms with van der Waals surface area (Å²) in [5.41, 5.74) is 3.11.